The van der Waals surface area contributed by atoms with E-state index < -0.39 is 5.92 Å². The number of hydrogen-bond donors (Lipinski definition) is 1. The summed E-state index contributed by atoms with van der Waals surface area (Å²) < 4.78 is 5.60. The van der Waals surface area contributed by atoms with Crippen LogP contribution in [0.2, 0.25) is 0 Å². The molecular weight excluding hydrogens is 596 g/mol. The fraction of sp³-hybridized carbons (Fsp3) is 0.512. The Hall–Kier alpha value is -3.68. The van der Waals surface area contributed by atoms with Crippen molar-refractivity contribution < 1.29 is 14.3 Å². The molecule has 0 radical (unpaired) electrons. The number of nitrogens with zero attached hydrogens (tertiary/aromatic N) is 3. The molecular formula is C41H44N4O3. The van der Waals surface area contributed by atoms with Crippen molar-refractivity contribution in [1.29, 1.82) is 0 Å². The Morgan fingerprint density at radius 1 is 1.02 bits per heavy atom. The molecule has 1 amide bonds. The van der Waals surface area contributed by atoms with Gasteiger partial charge in [-0.1, -0.05) is 61.4 Å². The van der Waals surface area contributed by atoms with E-state index in [9.17, 15) is 4.79 Å². The Labute approximate surface area is 282 Å². The third-order valence-electron chi connectivity index (χ3n) is 14.6. The van der Waals surface area contributed by atoms with Crippen LogP contribution in [0.3, 0.4) is 0 Å². The van der Waals surface area contributed by atoms with Crippen molar-refractivity contribution in [2.45, 2.75) is 68.9 Å². The van der Waals surface area contributed by atoms with Crippen LogP contribution < -0.4 is 4.90 Å². The minimum Gasteiger partial charge on any atom is -0.468 e. The number of hydrogen-bond acceptors (Lipinski definition) is 5. The molecule has 3 saturated heterocycles. The summed E-state index contributed by atoms with van der Waals surface area (Å²) in [4.78, 5) is 40.9. The average molecular weight is 641 g/mol. The van der Waals surface area contributed by atoms with Gasteiger partial charge >= 0.3 is 5.97 Å². The first-order valence-corrected chi connectivity index (χ1v) is 18.6. The summed E-state index contributed by atoms with van der Waals surface area (Å²) in [7, 11) is 1.53. The Kier molecular flexibility index (Phi) is 5.71. The van der Waals surface area contributed by atoms with E-state index in [2.05, 4.69) is 81.2 Å². The number of amides is 1. The lowest BCUT2D eigenvalue weighted by Gasteiger charge is -2.58. The van der Waals surface area contributed by atoms with E-state index in [0.29, 0.717) is 23.8 Å². The Morgan fingerprint density at radius 3 is 2.75 bits per heavy atom. The highest BCUT2D eigenvalue weighted by Gasteiger charge is 2.68. The molecule has 7 aliphatic heterocycles. The highest BCUT2D eigenvalue weighted by Crippen LogP contribution is 2.68. The molecule has 7 nitrogen and oxygen atoms in total. The number of aromatic nitrogens is 1. The topological polar surface area (TPSA) is 68.9 Å². The lowest BCUT2D eigenvalue weighted by atomic mass is 9.54. The fourth-order valence-corrected chi connectivity index (χ4v) is 12.9. The second-order valence-electron chi connectivity index (χ2n) is 16.0. The van der Waals surface area contributed by atoms with Gasteiger partial charge in [-0.05, 0) is 91.8 Å². The van der Waals surface area contributed by atoms with Crippen molar-refractivity contribution in [3.8, 4) is 0 Å². The third kappa shape index (κ3) is 3.24. The zero-order chi connectivity index (χ0) is 32.1. The Morgan fingerprint density at radius 2 is 1.88 bits per heavy atom. The molecule has 8 heterocycles. The quantitative estimate of drug-likeness (QED) is 0.278. The van der Waals surface area contributed by atoms with E-state index in [1.165, 1.54) is 54.3 Å². The van der Waals surface area contributed by atoms with Crippen LogP contribution in [-0.4, -0.2) is 72.0 Å². The molecule has 7 heteroatoms. The van der Waals surface area contributed by atoms with Crippen molar-refractivity contribution in [1.82, 2.24) is 14.8 Å². The molecule has 2 aromatic carbocycles. The van der Waals surface area contributed by atoms with Gasteiger partial charge in [0, 0.05) is 53.4 Å². The summed E-state index contributed by atoms with van der Waals surface area (Å²) in [5.74, 6) is 0.956. The molecule has 48 heavy (non-hydrogen) atoms. The van der Waals surface area contributed by atoms with Gasteiger partial charge in [0.25, 0.3) is 0 Å². The number of nitrogens with one attached hydrogen (secondary N) is 1. The van der Waals surface area contributed by atoms with Crippen LogP contribution in [0.1, 0.15) is 61.8 Å². The molecule has 3 aromatic rings. The number of fused-ring (bicyclic) bond motifs is 9. The van der Waals surface area contributed by atoms with Crippen LogP contribution in [0.5, 0.6) is 0 Å². The maximum atomic E-state index is 15.5. The third-order valence-corrected chi connectivity index (χ3v) is 14.6. The predicted octanol–water partition coefficient (Wildman–Crippen LogP) is 5.92. The fourth-order valence-electron chi connectivity index (χ4n) is 12.9. The summed E-state index contributed by atoms with van der Waals surface area (Å²) in [6, 6.07) is 17.9. The number of benzene rings is 2. The first kappa shape index (κ1) is 28.2. The second-order valence-corrected chi connectivity index (χ2v) is 16.0. The molecule has 12 rings (SSSR count). The zero-order valence-electron chi connectivity index (χ0n) is 28.0. The summed E-state index contributed by atoms with van der Waals surface area (Å²) in [5.41, 5.74) is 10.1. The van der Waals surface area contributed by atoms with Gasteiger partial charge in [0.05, 0.1) is 24.1 Å². The monoisotopic (exact) mass is 640 g/mol. The number of allylic oxidation sites excluding steroid dienone is 2. The normalized spacial score (nSPS) is 38.7. The molecule has 1 aromatic heterocycles. The van der Waals surface area contributed by atoms with Gasteiger partial charge in [0.15, 0.2) is 0 Å². The highest BCUT2D eigenvalue weighted by molar-refractivity contribution is 6.05. The van der Waals surface area contributed by atoms with E-state index in [-0.39, 0.29) is 35.2 Å². The van der Waals surface area contributed by atoms with Crippen LogP contribution in [0.25, 0.3) is 10.9 Å². The lowest BCUT2D eigenvalue weighted by Crippen LogP contribution is -2.63. The Balaban J connectivity index is 1.11. The number of piperidine rings is 2. The largest absolute Gasteiger partial charge is 0.468 e. The van der Waals surface area contributed by atoms with Crippen molar-refractivity contribution in [2.24, 2.45) is 29.6 Å². The van der Waals surface area contributed by atoms with Crippen LogP contribution >= 0.6 is 0 Å². The van der Waals surface area contributed by atoms with Crippen molar-refractivity contribution in [3.63, 3.8) is 0 Å². The van der Waals surface area contributed by atoms with E-state index in [1.807, 2.05) is 0 Å². The maximum absolute atomic E-state index is 15.5. The number of carbonyl (C=O) groups excluding carboxylic acids is 2. The number of esters is 1. The molecule has 1 N–H and O–H groups in total. The minimum atomic E-state index is -0.407. The number of methoxy groups -OCH3 is 1. The van der Waals surface area contributed by atoms with Gasteiger partial charge < -0.3 is 9.72 Å². The van der Waals surface area contributed by atoms with Gasteiger partial charge in [0.1, 0.15) is 5.92 Å². The van der Waals surface area contributed by atoms with Gasteiger partial charge in [-0.3, -0.25) is 24.3 Å². The first-order chi connectivity index (χ1) is 23.5. The van der Waals surface area contributed by atoms with E-state index in [0.717, 1.165) is 62.2 Å². The van der Waals surface area contributed by atoms with E-state index in [4.69, 9.17) is 4.74 Å². The highest BCUT2D eigenvalue weighted by atomic mass is 16.5. The van der Waals surface area contributed by atoms with Crippen LogP contribution in [0.4, 0.5) is 5.69 Å². The summed E-state index contributed by atoms with van der Waals surface area (Å²) >= 11 is 0. The van der Waals surface area contributed by atoms with E-state index in [1.54, 1.807) is 5.57 Å². The minimum absolute atomic E-state index is 0.00198. The zero-order valence-corrected chi connectivity index (χ0v) is 28.0. The number of para-hydroxylation sites is 2. The van der Waals surface area contributed by atoms with Crippen LogP contribution in [-0.2, 0) is 26.2 Å². The maximum Gasteiger partial charge on any atom is 0.315 e. The number of carbonyl (C=O) groups is 2. The molecule has 10 atom stereocenters. The van der Waals surface area contributed by atoms with Crippen LogP contribution in [0.15, 0.2) is 71.5 Å². The molecule has 0 saturated carbocycles. The molecule has 4 bridgehead atoms. The van der Waals surface area contributed by atoms with Crippen molar-refractivity contribution in [3.05, 3.63) is 88.3 Å². The lowest BCUT2D eigenvalue weighted by molar-refractivity contribution is -0.144. The number of rotatable bonds is 2. The van der Waals surface area contributed by atoms with Crippen LogP contribution in [0, 0.1) is 29.6 Å². The summed E-state index contributed by atoms with van der Waals surface area (Å²) in [6.07, 6.45) is 8.65. The van der Waals surface area contributed by atoms with E-state index >= 15 is 4.79 Å². The molecule has 1 spiro atoms. The number of H-pyrrole nitrogens is 1. The Bertz CT molecular complexity index is 1990. The van der Waals surface area contributed by atoms with Gasteiger partial charge in [-0.15, -0.1) is 0 Å². The predicted molar refractivity (Wildman–Crippen MR) is 184 cm³/mol. The smallest absolute Gasteiger partial charge is 0.315 e. The number of ether oxygens (including phenoxy) is 1. The summed E-state index contributed by atoms with van der Waals surface area (Å²) in [6.45, 7) is 6.46. The molecule has 3 fully saturated rings. The summed E-state index contributed by atoms with van der Waals surface area (Å²) in [5, 5.41) is 1.20. The molecule has 246 valence electrons. The standard InChI is InChI=1S/C41H44N4O3/c1-3-22-21-44-19-16-41-29-9-5-7-11-31(29)45-38(41)33(28(22)20-32(41)44)27-13-12-26-24-14-17-43(37(26)35(27)39(45)46)18-15-25-23-8-4-6-10-30(23)42-36(25)34(24)40(47)48-2/h4-12,22,24,27-28,32,34-35,37,42H,3,13-21H2,1-2H3/t22-,24+,27-,28+,32+,34+,35+,37-,41-/m1/s1. The SMILES string of the molecule is CC[C@@H]1CN2CC[C@]34C5=C([C@H]1C[C@H]23)[C@H]1CC=C2[C@H]([C@H]1C(=O)N5c1ccccc14)N1CCc3c([nH]c4ccccc34)[C@@H](C(=O)OC)[C@H]2CC1. The number of anilines is 1. The molecule has 9 aliphatic rings. The van der Waals surface area contributed by atoms with Crippen molar-refractivity contribution >= 4 is 28.5 Å². The average Bonchev–Trinajstić information content (AvgIpc) is 3.80. The van der Waals surface area contributed by atoms with Crippen molar-refractivity contribution in [2.75, 3.05) is 38.2 Å². The number of aromatic amines is 1. The van der Waals surface area contributed by atoms with Gasteiger partial charge in [0.2, 0.25) is 5.91 Å². The second kappa shape index (κ2) is 9.72. The first-order valence-electron chi connectivity index (χ1n) is 18.6. The molecule has 2 aliphatic carbocycles. The van der Waals surface area contributed by atoms with Gasteiger partial charge in [-0.25, -0.2) is 0 Å². The molecule has 1 unspecified atom stereocenters. The van der Waals surface area contributed by atoms with Gasteiger partial charge in [-0.2, -0.15) is 0 Å².